The molecular formula is C14H24N4O. The largest absolute Gasteiger partial charge is 0.368 e. The Kier molecular flexibility index (Phi) is 3.86. The van der Waals surface area contributed by atoms with E-state index in [1.54, 1.807) is 0 Å². The zero-order chi connectivity index (χ0) is 13.2. The highest BCUT2D eigenvalue weighted by Crippen LogP contribution is 2.22. The van der Waals surface area contributed by atoms with E-state index >= 15 is 0 Å². The minimum atomic E-state index is 0.0887. The molecule has 1 saturated carbocycles. The number of nitrogens with zero attached hydrogens (tertiary/aromatic N) is 2. The van der Waals surface area contributed by atoms with E-state index in [1.807, 2.05) is 6.20 Å². The number of imidazole rings is 1. The molecule has 0 aromatic carbocycles. The van der Waals surface area contributed by atoms with Crippen molar-refractivity contribution in [3.05, 3.63) is 17.7 Å². The summed E-state index contributed by atoms with van der Waals surface area (Å²) in [5.74, 6) is 0.970. The first kappa shape index (κ1) is 13.1. The Labute approximate surface area is 114 Å². The normalized spacial score (nSPS) is 25.1. The molecule has 2 heterocycles. The first-order chi connectivity index (χ1) is 9.22. The van der Waals surface area contributed by atoms with E-state index in [9.17, 15) is 0 Å². The van der Waals surface area contributed by atoms with Crippen LogP contribution in [-0.4, -0.2) is 46.6 Å². The highest BCUT2D eigenvalue weighted by molar-refractivity contribution is 5.05. The van der Waals surface area contributed by atoms with Gasteiger partial charge in [-0.25, -0.2) is 4.98 Å². The van der Waals surface area contributed by atoms with Gasteiger partial charge >= 0.3 is 0 Å². The first-order valence-electron chi connectivity index (χ1n) is 7.35. The molecule has 1 saturated heterocycles. The van der Waals surface area contributed by atoms with Crippen molar-refractivity contribution in [2.24, 2.45) is 0 Å². The summed E-state index contributed by atoms with van der Waals surface area (Å²) >= 11 is 0. The zero-order valence-electron chi connectivity index (χ0n) is 11.9. The van der Waals surface area contributed by atoms with E-state index < -0.39 is 0 Å². The third-order valence-corrected chi connectivity index (χ3v) is 3.94. The van der Waals surface area contributed by atoms with Gasteiger partial charge in [0.1, 0.15) is 11.9 Å². The Bertz CT molecular complexity index is 413. The average molecular weight is 264 g/mol. The molecule has 1 atom stereocenters. The molecule has 19 heavy (non-hydrogen) atoms. The van der Waals surface area contributed by atoms with Crippen molar-refractivity contribution < 1.29 is 4.74 Å². The third kappa shape index (κ3) is 3.35. The summed E-state index contributed by atoms with van der Waals surface area (Å²) in [6.07, 6.45) is 4.65. The van der Waals surface area contributed by atoms with E-state index in [0.29, 0.717) is 6.04 Å². The van der Waals surface area contributed by atoms with Gasteiger partial charge in [-0.1, -0.05) is 0 Å². The lowest BCUT2D eigenvalue weighted by molar-refractivity contribution is -0.0439. The standard InChI is InChI=1S/C14H24N4O/c1-10(2)18-5-6-19-13(9-18)14-16-8-12(17-14)7-15-11-3-4-11/h8,10-11,13,15H,3-7,9H2,1-2H3,(H,16,17). The van der Waals surface area contributed by atoms with Crippen LogP contribution in [0.1, 0.15) is 44.3 Å². The number of morpholine rings is 1. The Morgan fingerprint density at radius 3 is 3.11 bits per heavy atom. The topological polar surface area (TPSA) is 53.2 Å². The van der Waals surface area contributed by atoms with Crippen molar-refractivity contribution in [3.63, 3.8) is 0 Å². The molecule has 0 spiro atoms. The number of rotatable bonds is 5. The van der Waals surface area contributed by atoms with Gasteiger partial charge in [0.2, 0.25) is 0 Å². The van der Waals surface area contributed by atoms with E-state index in [-0.39, 0.29) is 6.10 Å². The fraction of sp³-hybridized carbons (Fsp3) is 0.786. The number of hydrogen-bond donors (Lipinski definition) is 2. The van der Waals surface area contributed by atoms with Gasteiger partial charge in [-0.05, 0) is 26.7 Å². The molecule has 1 aliphatic heterocycles. The molecule has 2 N–H and O–H groups in total. The molecule has 0 amide bonds. The van der Waals surface area contributed by atoms with Crippen LogP contribution in [0.3, 0.4) is 0 Å². The number of H-pyrrole nitrogens is 1. The average Bonchev–Trinajstić information content (AvgIpc) is 3.13. The van der Waals surface area contributed by atoms with Crippen LogP contribution in [0, 0.1) is 0 Å². The summed E-state index contributed by atoms with van der Waals surface area (Å²) in [7, 11) is 0. The van der Waals surface area contributed by atoms with Crippen LogP contribution in [-0.2, 0) is 11.3 Å². The van der Waals surface area contributed by atoms with Gasteiger partial charge < -0.3 is 15.0 Å². The quantitative estimate of drug-likeness (QED) is 0.845. The van der Waals surface area contributed by atoms with Gasteiger partial charge in [0, 0.05) is 43.6 Å². The summed E-state index contributed by atoms with van der Waals surface area (Å²) in [5.41, 5.74) is 1.16. The van der Waals surface area contributed by atoms with Crippen molar-refractivity contribution in [3.8, 4) is 0 Å². The number of aromatic amines is 1. The van der Waals surface area contributed by atoms with Gasteiger partial charge in [0.15, 0.2) is 0 Å². The van der Waals surface area contributed by atoms with Crippen molar-refractivity contribution in [2.45, 2.75) is 51.4 Å². The SMILES string of the molecule is CC(C)N1CCOC(c2ncc(CNC3CC3)[nH]2)C1. The lowest BCUT2D eigenvalue weighted by Gasteiger charge is -2.34. The maximum atomic E-state index is 5.84. The maximum absolute atomic E-state index is 5.84. The Morgan fingerprint density at radius 1 is 1.53 bits per heavy atom. The molecule has 1 aromatic rings. The van der Waals surface area contributed by atoms with E-state index in [0.717, 1.165) is 43.8 Å². The highest BCUT2D eigenvalue weighted by Gasteiger charge is 2.26. The van der Waals surface area contributed by atoms with Crippen molar-refractivity contribution in [2.75, 3.05) is 19.7 Å². The number of ether oxygens (including phenoxy) is 1. The fourth-order valence-electron chi connectivity index (χ4n) is 2.48. The number of aromatic nitrogens is 2. The van der Waals surface area contributed by atoms with Crippen molar-refractivity contribution in [1.82, 2.24) is 20.2 Å². The minimum absolute atomic E-state index is 0.0887. The van der Waals surface area contributed by atoms with Gasteiger partial charge in [-0.15, -0.1) is 0 Å². The Morgan fingerprint density at radius 2 is 2.37 bits per heavy atom. The molecule has 1 unspecified atom stereocenters. The predicted octanol–water partition coefficient (Wildman–Crippen LogP) is 1.44. The third-order valence-electron chi connectivity index (χ3n) is 3.94. The lowest BCUT2D eigenvalue weighted by atomic mass is 10.2. The van der Waals surface area contributed by atoms with Gasteiger partial charge in [0.25, 0.3) is 0 Å². The first-order valence-corrected chi connectivity index (χ1v) is 7.35. The number of hydrogen-bond acceptors (Lipinski definition) is 4. The second kappa shape index (κ2) is 5.61. The van der Waals surface area contributed by atoms with Crippen LogP contribution < -0.4 is 5.32 Å². The van der Waals surface area contributed by atoms with Crippen LogP contribution >= 0.6 is 0 Å². The van der Waals surface area contributed by atoms with E-state index in [4.69, 9.17) is 4.74 Å². The Hall–Kier alpha value is -0.910. The van der Waals surface area contributed by atoms with Gasteiger partial charge in [-0.2, -0.15) is 0 Å². The van der Waals surface area contributed by atoms with E-state index in [1.165, 1.54) is 12.8 Å². The summed E-state index contributed by atoms with van der Waals surface area (Å²) in [5, 5.41) is 3.49. The van der Waals surface area contributed by atoms with Gasteiger partial charge in [-0.3, -0.25) is 4.90 Å². The minimum Gasteiger partial charge on any atom is -0.368 e. The predicted molar refractivity (Wildman–Crippen MR) is 73.9 cm³/mol. The molecule has 0 bridgehead atoms. The van der Waals surface area contributed by atoms with E-state index in [2.05, 4.69) is 34.0 Å². The summed E-state index contributed by atoms with van der Waals surface area (Å²) < 4.78 is 5.84. The van der Waals surface area contributed by atoms with Crippen LogP contribution in [0.4, 0.5) is 0 Å². The van der Waals surface area contributed by atoms with Crippen molar-refractivity contribution >= 4 is 0 Å². The maximum Gasteiger partial charge on any atom is 0.136 e. The second-order valence-electron chi connectivity index (χ2n) is 5.90. The monoisotopic (exact) mass is 264 g/mol. The molecule has 106 valence electrons. The second-order valence-corrected chi connectivity index (χ2v) is 5.90. The van der Waals surface area contributed by atoms with Crippen LogP contribution in [0.15, 0.2) is 6.20 Å². The number of nitrogens with one attached hydrogen (secondary N) is 2. The molecule has 5 heteroatoms. The molecular weight excluding hydrogens is 240 g/mol. The summed E-state index contributed by atoms with van der Waals surface area (Å²) in [6, 6.07) is 1.30. The van der Waals surface area contributed by atoms with Gasteiger partial charge in [0.05, 0.1) is 6.61 Å². The summed E-state index contributed by atoms with van der Waals surface area (Å²) in [4.78, 5) is 10.3. The fourth-order valence-corrected chi connectivity index (χ4v) is 2.48. The van der Waals surface area contributed by atoms with Crippen LogP contribution in [0.5, 0.6) is 0 Å². The highest BCUT2D eigenvalue weighted by atomic mass is 16.5. The molecule has 2 fully saturated rings. The van der Waals surface area contributed by atoms with Crippen molar-refractivity contribution in [1.29, 1.82) is 0 Å². The Balaban J connectivity index is 1.57. The molecule has 3 rings (SSSR count). The molecule has 0 radical (unpaired) electrons. The van der Waals surface area contributed by atoms with Crippen LogP contribution in [0.2, 0.25) is 0 Å². The molecule has 5 nitrogen and oxygen atoms in total. The van der Waals surface area contributed by atoms with Crippen LogP contribution in [0.25, 0.3) is 0 Å². The summed E-state index contributed by atoms with van der Waals surface area (Å²) in [6.45, 7) is 8.09. The smallest absolute Gasteiger partial charge is 0.136 e. The molecule has 1 aliphatic carbocycles. The lowest BCUT2D eigenvalue weighted by Crippen LogP contribution is -2.42. The zero-order valence-corrected chi connectivity index (χ0v) is 11.9. The molecule has 2 aliphatic rings. The molecule has 1 aromatic heterocycles.